The number of sulfonamides is 1. The molecule has 0 heterocycles. The van der Waals surface area contributed by atoms with Crippen LogP contribution in [0.15, 0.2) is 17.0 Å². The molecular formula is C13H18N2O2S. The van der Waals surface area contributed by atoms with Gasteiger partial charge in [0.05, 0.1) is 4.90 Å². The lowest BCUT2D eigenvalue weighted by molar-refractivity contribution is 0.563. The van der Waals surface area contributed by atoms with Crippen LogP contribution in [0.5, 0.6) is 0 Å². The van der Waals surface area contributed by atoms with Gasteiger partial charge in [-0.1, -0.05) is 6.07 Å². The highest BCUT2D eigenvalue weighted by molar-refractivity contribution is 7.89. The van der Waals surface area contributed by atoms with Crippen LogP contribution in [0.2, 0.25) is 0 Å². The van der Waals surface area contributed by atoms with Gasteiger partial charge in [-0.05, 0) is 38.0 Å². The van der Waals surface area contributed by atoms with E-state index in [2.05, 4.69) is 10.6 Å². The molecule has 0 bridgehead atoms. The molecule has 3 N–H and O–H groups in total. The van der Waals surface area contributed by atoms with Gasteiger partial charge in [0.25, 0.3) is 0 Å². The Bertz CT molecular complexity index is 586. The number of hydrogen-bond donors (Lipinski definition) is 2. The highest BCUT2D eigenvalue weighted by Gasteiger charge is 2.20. The van der Waals surface area contributed by atoms with Gasteiger partial charge in [0, 0.05) is 18.2 Å². The summed E-state index contributed by atoms with van der Waals surface area (Å²) >= 11 is 0. The van der Waals surface area contributed by atoms with E-state index in [1.165, 1.54) is 0 Å². The van der Waals surface area contributed by atoms with Crippen molar-refractivity contribution in [3.8, 4) is 12.3 Å². The molecule has 0 spiro atoms. The van der Waals surface area contributed by atoms with Gasteiger partial charge in [0.2, 0.25) is 10.0 Å². The molecule has 1 unspecified atom stereocenters. The second kappa shape index (κ2) is 5.42. The van der Waals surface area contributed by atoms with Gasteiger partial charge in [-0.3, -0.25) is 0 Å². The zero-order valence-corrected chi connectivity index (χ0v) is 11.6. The fraction of sp³-hybridized carbons (Fsp3) is 0.385. The second-order valence-electron chi connectivity index (χ2n) is 4.35. The highest BCUT2D eigenvalue weighted by atomic mass is 32.2. The first-order chi connectivity index (χ1) is 8.29. The average Bonchev–Trinajstić information content (AvgIpc) is 2.25. The molecule has 0 amide bonds. The van der Waals surface area contributed by atoms with Crippen LogP contribution in [0.1, 0.15) is 24.5 Å². The van der Waals surface area contributed by atoms with Crippen LogP contribution in [0, 0.1) is 26.2 Å². The molecule has 1 rings (SSSR count). The minimum atomic E-state index is -3.58. The molecule has 1 aromatic carbocycles. The van der Waals surface area contributed by atoms with Crippen molar-refractivity contribution in [2.24, 2.45) is 0 Å². The number of anilines is 1. The van der Waals surface area contributed by atoms with Crippen LogP contribution >= 0.6 is 0 Å². The van der Waals surface area contributed by atoms with E-state index in [4.69, 9.17) is 12.2 Å². The molecule has 0 aromatic heterocycles. The van der Waals surface area contributed by atoms with Gasteiger partial charge < -0.3 is 5.73 Å². The average molecular weight is 266 g/mol. The Labute approximate surface area is 109 Å². The Kier molecular flexibility index (Phi) is 4.38. The molecule has 0 radical (unpaired) electrons. The number of nitrogens with two attached hydrogens (primary N) is 1. The van der Waals surface area contributed by atoms with Crippen molar-refractivity contribution in [2.45, 2.75) is 38.1 Å². The highest BCUT2D eigenvalue weighted by Crippen LogP contribution is 2.24. The zero-order chi connectivity index (χ0) is 13.9. The molecule has 5 heteroatoms. The van der Waals surface area contributed by atoms with Crippen molar-refractivity contribution < 1.29 is 8.42 Å². The summed E-state index contributed by atoms with van der Waals surface area (Å²) in [5.74, 6) is 2.42. The van der Waals surface area contributed by atoms with E-state index in [0.717, 1.165) is 5.56 Å². The van der Waals surface area contributed by atoms with Crippen molar-refractivity contribution in [2.75, 3.05) is 5.73 Å². The monoisotopic (exact) mass is 266 g/mol. The third-order valence-corrected chi connectivity index (χ3v) is 4.49. The number of aryl methyl sites for hydroxylation is 1. The molecule has 0 saturated heterocycles. The van der Waals surface area contributed by atoms with Crippen molar-refractivity contribution in [3.05, 3.63) is 23.3 Å². The second-order valence-corrected chi connectivity index (χ2v) is 6.03. The molecule has 0 aliphatic rings. The van der Waals surface area contributed by atoms with Crippen molar-refractivity contribution >= 4 is 15.7 Å². The Balaban J connectivity index is 3.15. The summed E-state index contributed by atoms with van der Waals surface area (Å²) in [7, 11) is -3.58. The summed E-state index contributed by atoms with van der Waals surface area (Å²) in [5, 5.41) is 0. The molecular weight excluding hydrogens is 248 g/mol. The first kappa shape index (κ1) is 14.6. The zero-order valence-electron chi connectivity index (χ0n) is 10.8. The van der Waals surface area contributed by atoms with E-state index < -0.39 is 10.0 Å². The number of benzene rings is 1. The first-order valence-corrected chi connectivity index (χ1v) is 7.09. The van der Waals surface area contributed by atoms with Crippen LogP contribution in [0.4, 0.5) is 5.69 Å². The summed E-state index contributed by atoms with van der Waals surface area (Å²) in [5.41, 5.74) is 7.78. The molecule has 98 valence electrons. The van der Waals surface area contributed by atoms with Gasteiger partial charge in [-0.25, -0.2) is 13.1 Å². The Hall–Kier alpha value is -1.51. The Morgan fingerprint density at radius 3 is 2.61 bits per heavy atom. The van der Waals surface area contributed by atoms with Gasteiger partial charge in [0.15, 0.2) is 0 Å². The molecule has 18 heavy (non-hydrogen) atoms. The lowest BCUT2D eigenvalue weighted by atomic mass is 10.1. The van der Waals surface area contributed by atoms with E-state index in [9.17, 15) is 8.42 Å². The smallest absolute Gasteiger partial charge is 0.241 e. The molecule has 0 saturated carbocycles. The number of nitrogen functional groups attached to an aromatic ring is 1. The van der Waals surface area contributed by atoms with Gasteiger partial charge in [-0.2, -0.15) is 0 Å². The van der Waals surface area contributed by atoms with Gasteiger partial charge >= 0.3 is 0 Å². The molecule has 0 aliphatic carbocycles. The molecule has 0 aliphatic heterocycles. The van der Waals surface area contributed by atoms with Crippen LogP contribution in [-0.4, -0.2) is 14.5 Å². The lowest BCUT2D eigenvalue weighted by Gasteiger charge is -2.15. The lowest BCUT2D eigenvalue weighted by Crippen LogP contribution is -2.32. The summed E-state index contributed by atoms with van der Waals surface area (Å²) in [6, 6.07) is 2.95. The number of terminal acetylenes is 1. The number of nitrogens with one attached hydrogen (secondary N) is 1. The summed E-state index contributed by atoms with van der Waals surface area (Å²) in [6.45, 7) is 5.26. The van der Waals surface area contributed by atoms with Gasteiger partial charge in [-0.15, -0.1) is 12.3 Å². The van der Waals surface area contributed by atoms with E-state index in [0.29, 0.717) is 17.7 Å². The summed E-state index contributed by atoms with van der Waals surface area (Å²) in [6.07, 6.45) is 5.50. The summed E-state index contributed by atoms with van der Waals surface area (Å²) < 4.78 is 26.9. The maximum Gasteiger partial charge on any atom is 0.241 e. The number of rotatable bonds is 4. The number of hydrogen-bond acceptors (Lipinski definition) is 3. The Morgan fingerprint density at radius 2 is 2.06 bits per heavy atom. The van der Waals surface area contributed by atoms with E-state index in [1.807, 2.05) is 6.92 Å². The molecule has 0 fully saturated rings. The van der Waals surface area contributed by atoms with Crippen molar-refractivity contribution in [3.63, 3.8) is 0 Å². The molecule has 1 atom stereocenters. The fourth-order valence-corrected chi connectivity index (χ4v) is 3.18. The third kappa shape index (κ3) is 3.03. The SMILES string of the molecule is C#CCC(C)NS(=O)(=O)c1ccc(C)c(N)c1C. The van der Waals surface area contributed by atoms with Crippen LogP contribution in [-0.2, 0) is 10.0 Å². The standard InChI is InChI=1S/C13H18N2O2S/c1-5-6-10(3)15-18(16,17)12-8-7-9(2)13(14)11(12)4/h1,7-8,10,15H,6,14H2,2-4H3. The largest absolute Gasteiger partial charge is 0.398 e. The normalized spacial score (nSPS) is 13.0. The predicted octanol–water partition coefficient (Wildman–Crippen LogP) is 1.58. The fourth-order valence-electron chi connectivity index (χ4n) is 1.68. The van der Waals surface area contributed by atoms with Crippen LogP contribution in [0.25, 0.3) is 0 Å². The third-order valence-electron chi connectivity index (χ3n) is 2.75. The first-order valence-electron chi connectivity index (χ1n) is 5.61. The maximum absolute atomic E-state index is 12.2. The van der Waals surface area contributed by atoms with E-state index in [-0.39, 0.29) is 10.9 Å². The topological polar surface area (TPSA) is 72.2 Å². The Morgan fingerprint density at radius 1 is 1.44 bits per heavy atom. The maximum atomic E-state index is 12.2. The minimum absolute atomic E-state index is 0.203. The van der Waals surface area contributed by atoms with Gasteiger partial charge in [0.1, 0.15) is 0 Å². The predicted molar refractivity (Wildman–Crippen MR) is 73.6 cm³/mol. The van der Waals surface area contributed by atoms with Crippen LogP contribution in [0.3, 0.4) is 0 Å². The van der Waals surface area contributed by atoms with Crippen LogP contribution < -0.4 is 10.5 Å². The van der Waals surface area contributed by atoms with E-state index >= 15 is 0 Å². The summed E-state index contributed by atoms with van der Waals surface area (Å²) in [4.78, 5) is 0.203. The minimum Gasteiger partial charge on any atom is -0.398 e. The molecule has 4 nitrogen and oxygen atoms in total. The van der Waals surface area contributed by atoms with E-state index in [1.54, 1.807) is 26.0 Å². The quantitative estimate of drug-likeness (QED) is 0.642. The molecule has 1 aromatic rings. The van der Waals surface area contributed by atoms with Crippen molar-refractivity contribution in [1.82, 2.24) is 4.72 Å². The van der Waals surface area contributed by atoms with Crippen molar-refractivity contribution in [1.29, 1.82) is 0 Å².